The standard InChI is InChI=1S/C29H31ClN2O4/c30-25-15-7-8-16-27(25)36-21-28(33)32(20-23-12-5-2-6-13-23)26(18-22-10-3-1-4-11-22)29(34)31-19-24-14-9-17-35-24/h1-8,10-13,15-16,24,26H,9,14,17-21H2,(H,31,34)/t24-,26-/m0/s1. The number of carbonyl (C=O) groups is 2. The van der Waals surface area contributed by atoms with Gasteiger partial charge in [-0.3, -0.25) is 9.59 Å². The molecule has 6 nitrogen and oxygen atoms in total. The summed E-state index contributed by atoms with van der Waals surface area (Å²) in [6, 6.07) is 25.7. The number of rotatable bonds is 11. The highest BCUT2D eigenvalue weighted by Crippen LogP contribution is 2.23. The van der Waals surface area contributed by atoms with Gasteiger partial charge in [0.1, 0.15) is 11.8 Å². The van der Waals surface area contributed by atoms with E-state index in [2.05, 4.69) is 5.32 Å². The molecule has 4 rings (SSSR count). The van der Waals surface area contributed by atoms with Crippen LogP contribution in [0.4, 0.5) is 0 Å². The van der Waals surface area contributed by atoms with Crippen molar-refractivity contribution in [3.8, 4) is 5.75 Å². The van der Waals surface area contributed by atoms with Crippen molar-refractivity contribution >= 4 is 23.4 Å². The summed E-state index contributed by atoms with van der Waals surface area (Å²) >= 11 is 6.21. The molecule has 188 valence electrons. The quantitative estimate of drug-likeness (QED) is 0.411. The van der Waals surface area contributed by atoms with Gasteiger partial charge in [-0.15, -0.1) is 0 Å². The topological polar surface area (TPSA) is 67.9 Å². The molecule has 2 atom stereocenters. The van der Waals surface area contributed by atoms with Crippen molar-refractivity contribution in [2.75, 3.05) is 19.8 Å². The molecule has 2 amide bonds. The average molecular weight is 507 g/mol. The highest BCUT2D eigenvalue weighted by Gasteiger charge is 2.31. The number of amides is 2. The summed E-state index contributed by atoms with van der Waals surface area (Å²) in [4.78, 5) is 28.7. The van der Waals surface area contributed by atoms with E-state index < -0.39 is 6.04 Å². The zero-order valence-corrected chi connectivity index (χ0v) is 20.9. The van der Waals surface area contributed by atoms with Gasteiger partial charge in [-0.25, -0.2) is 0 Å². The number of halogens is 1. The van der Waals surface area contributed by atoms with Crippen LogP contribution in [0.1, 0.15) is 24.0 Å². The van der Waals surface area contributed by atoms with Crippen LogP contribution in [0.15, 0.2) is 84.9 Å². The summed E-state index contributed by atoms with van der Waals surface area (Å²) in [5.74, 6) is -0.0852. The number of para-hydroxylation sites is 1. The third kappa shape index (κ3) is 7.33. The van der Waals surface area contributed by atoms with E-state index in [1.165, 1.54) is 0 Å². The number of ether oxygens (including phenoxy) is 2. The molecule has 3 aromatic carbocycles. The van der Waals surface area contributed by atoms with Crippen molar-refractivity contribution in [2.24, 2.45) is 0 Å². The number of nitrogens with one attached hydrogen (secondary N) is 1. The van der Waals surface area contributed by atoms with E-state index in [9.17, 15) is 9.59 Å². The summed E-state index contributed by atoms with van der Waals surface area (Å²) < 4.78 is 11.4. The molecule has 7 heteroatoms. The molecular weight excluding hydrogens is 476 g/mol. The zero-order valence-electron chi connectivity index (χ0n) is 20.1. The molecule has 3 aromatic rings. The minimum atomic E-state index is -0.726. The molecule has 0 bridgehead atoms. The number of nitrogens with zero attached hydrogens (tertiary/aromatic N) is 1. The summed E-state index contributed by atoms with van der Waals surface area (Å²) in [5.41, 5.74) is 1.89. The van der Waals surface area contributed by atoms with Crippen molar-refractivity contribution in [3.05, 3.63) is 101 Å². The normalized spacial score (nSPS) is 15.8. The van der Waals surface area contributed by atoms with Gasteiger partial charge in [0.25, 0.3) is 5.91 Å². The third-order valence-corrected chi connectivity index (χ3v) is 6.49. The molecule has 0 aromatic heterocycles. The second-order valence-corrected chi connectivity index (χ2v) is 9.22. The van der Waals surface area contributed by atoms with Gasteiger partial charge in [0.2, 0.25) is 5.91 Å². The Morgan fingerprint density at radius 1 is 0.972 bits per heavy atom. The van der Waals surface area contributed by atoms with Gasteiger partial charge >= 0.3 is 0 Å². The minimum absolute atomic E-state index is 0.00755. The Bertz CT molecular complexity index is 1120. The molecule has 1 fully saturated rings. The van der Waals surface area contributed by atoms with Gasteiger partial charge in [0.05, 0.1) is 11.1 Å². The van der Waals surface area contributed by atoms with Gasteiger partial charge in [-0.2, -0.15) is 0 Å². The number of carbonyl (C=O) groups excluding carboxylic acids is 2. The fourth-order valence-electron chi connectivity index (χ4n) is 4.26. The Morgan fingerprint density at radius 2 is 1.64 bits per heavy atom. The van der Waals surface area contributed by atoms with E-state index in [0.29, 0.717) is 30.3 Å². The first-order chi connectivity index (χ1) is 17.6. The second kappa shape index (κ2) is 13.1. The molecule has 0 aliphatic carbocycles. The molecule has 1 N–H and O–H groups in total. The Balaban J connectivity index is 1.57. The number of hydrogen-bond acceptors (Lipinski definition) is 4. The van der Waals surface area contributed by atoms with E-state index >= 15 is 0 Å². The number of benzene rings is 3. The Hall–Kier alpha value is -3.35. The lowest BCUT2D eigenvalue weighted by Gasteiger charge is -2.31. The molecule has 1 aliphatic rings. The maximum Gasteiger partial charge on any atom is 0.261 e. The number of hydrogen-bond donors (Lipinski definition) is 1. The molecule has 36 heavy (non-hydrogen) atoms. The second-order valence-electron chi connectivity index (χ2n) is 8.81. The van der Waals surface area contributed by atoms with Gasteiger partial charge in [0.15, 0.2) is 6.61 Å². The van der Waals surface area contributed by atoms with Gasteiger partial charge in [-0.05, 0) is 36.1 Å². The first kappa shape index (κ1) is 25.7. The highest BCUT2D eigenvalue weighted by atomic mass is 35.5. The van der Waals surface area contributed by atoms with Gasteiger partial charge < -0.3 is 19.7 Å². The summed E-state index contributed by atoms with van der Waals surface area (Å²) in [7, 11) is 0. The van der Waals surface area contributed by atoms with E-state index in [4.69, 9.17) is 21.1 Å². The fourth-order valence-corrected chi connectivity index (χ4v) is 4.45. The first-order valence-electron chi connectivity index (χ1n) is 12.2. The summed E-state index contributed by atoms with van der Waals surface area (Å²) in [6.45, 7) is 1.18. The van der Waals surface area contributed by atoms with Crippen LogP contribution in [0, 0.1) is 0 Å². The molecule has 0 spiro atoms. The van der Waals surface area contributed by atoms with Crippen LogP contribution >= 0.6 is 11.6 Å². The Morgan fingerprint density at radius 3 is 2.31 bits per heavy atom. The Labute approximate surface area is 217 Å². The Kier molecular flexibility index (Phi) is 9.36. The van der Waals surface area contributed by atoms with Gasteiger partial charge in [-0.1, -0.05) is 84.4 Å². The summed E-state index contributed by atoms with van der Waals surface area (Å²) in [5, 5.41) is 3.46. The van der Waals surface area contributed by atoms with Crippen LogP contribution < -0.4 is 10.1 Å². The van der Waals surface area contributed by atoms with Crippen molar-refractivity contribution in [2.45, 2.75) is 38.0 Å². The maximum absolute atomic E-state index is 13.6. The molecule has 0 radical (unpaired) electrons. The van der Waals surface area contributed by atoms with Crippen LogP contribution in [-0.2, 0) is 27.3 Å². The lowest BCUT2D eigenvalue weighted by molar-refractivity contribution is -0.143. The first-order valence-corrected chi connectivity index (χ1v) is 12.6. The van der Waals surface area contributed by atoms with Crippen molar-refractivity contribution < 1.29 is 19.1 Å². The van der Waals surface area contributed by atoms with E-state index in [1.807, 2.05) is 60.7 Å². The van der Waals surface area contributed by atoms with Crippen LogP contribution in [0.3, 0.4) is 0 Å². The smallest absolute Gasteiger partial charge is 0.261 e. The molecule has 1 heterocycles. The minimum Gasteiger partial charge on any atom is -0.482 e. The average Bonchev–Trinajstić information content (AvgIpc) is 3.44. The predicted molar refractivity (Wildman–Crippen MR) is 140 cm³/mol. The van der Waals surface area contributed by atoms with E-state index in [1.54, 1.807) is 29.2 Å². The molecule has 0 unspecified atom stereocenters. The van der Waals surface area contributed by atoms with Crippen molar-refractivity contribution in [3.63, 3.8) is 0 Å². The largest absolute Gasteiger partial charge is 0.482 e. The predicted octanol–water partition coefficient (Wildman–Crippen LogP) is 4.65. The fraction of sp³-hybridized carbons (Fsp3) is 0.310. The monoisotopic (exact) mass is 506 g/mol. The van der Waals surface area contributed by atoms with Crippen molar-refractivity contribution in [1.29, 1.82) is 0 Å². The molecule has 1 saturated heterocycles. The lowest BCUT2D eigenvalue weighted by Crippen LogP contribution is -2.52. The van der Waals surface area contributed by atoms with E-state index in [-0.39, 0.29) is 31.1 Å². The highest BCUT2D eigenvalue weighted by molar-refractivity contribution is 6.32. The lowest BCUT2D eigenvalue weighted by atomic mass is 10.0. The zero-order chi connectivity index (χ0) is 25.2. The van der Waals surface area contributed by atoms with Crippen molar-refractivity contribution in [1.82, 2.24) is 10.2 Å². The van der Waals surface area contributed by atoms with Crippen LogP contribution in [0.2, 0.25) is 5.02 Å². The third-order valence-electron chi connectivity index (χ3n) is 6.18. The SMILES string of the molecule is O=C(NC[C@@H]1CCCO1)[C@H](Cc1ccccc1)N(Cc1ccccc1)C(=O)COc1ccccc1Cl. The van der Waals surface area contributed by atoms with E-state index in [0.717, 1.165) is 24.0 Å². The van der Waals surface area contributed by atoms with Crippen LogP contribution in [-0.4, -0.2) is 48.6 Å². The molecular formula is C29H31ClN2O4. The van der Waals surface area contributed by atoms with Crippen LogP contribution in [0.5, 0.6) is 5.75 Å². The van der Waals surface area contributed by atoms with Crippen LogP contribution in [0.25, 0.3) is 0 Å². The maximum atomic E-state index is 13.6. The molecule has 1 aliphatic heterocycles. The summed E-state index contributed by atoms with van der Waals surface area (Å²) in [6.07, 6.45) is 2.30. The molecule has 0 saturated carbocycles. The van der Waals surface area contributed by atoms with Gasteiger partial charge in [0, 0.05) is 26.1 Å².